The van der Waals surface area contributed by atoms with Crippen molar-refractivity contribution in [1.82, 2.24) is 5.32 Å². The van der Waals surface area contributed by atoms with Gasteiger partial charge in [-0.25, -0.2) is 0 Å². The van der Waals surface area contributed by atoms with Crippen molar-refractivity contribution >= 4 is 27.5 Å². The van der Waals surface area contributed by atoms with Crippen molar-refractivity contribution < 1.29 is 0 Å². The highest BCUT2D eigenvalue weighted by Crippen LogP contribution is 2.38. The molecule has 0 radical (unpaired) electrons. The van der Waals surface area contributed by atoms with E-state index in [1.54, 1.807) is 0 Å². The van der Waals surface area contributed by atoms with Crippen LogP contribution >= 0.6 is 27.5 Å². The summed E-state index contributed by atoms with van der Waals surface area (Å²) in [5.41, 5.74) is 1.25. The first-order valence-corrected chi connectivity index (χ1v) is 7.57. The molecule has 0 bridgehead atoms. The molecule has 1 N–H and O–H groups in total. The average molecular weight is 317 g/mol. The second-order valence-corrected chi connectivity index (χ2v) is 6.07. The summed E-state index contributed by atoms with van der Waals surface area (Å²) in [6.07, 6.45) is 5.37. The van der Waals surface area contributed by atoms with Crippen molar-refractivity contribution in [2.24, 2.45) is 5.92 Å². The van der Waals surface area contributed by atoms with Crippen LogP contribution < -0.4 is 5.32 Å². The Balaban J connectivity index is 2.24. The van der Waals surface area contributed by atoms with E-state index >= 15 is 0 Å². The van der Waals surface area contributed by atoms with Crippen LogP contribution in [0.3, 0.4) is 0 Å². The zero-order chi connectivity index (χ0) is 12.3. The predicted octanol–water partition coefficient (Wildman–Crippen LogP) is 4.94. The van der Waals surface area contributed by atoms with Crippen molar-refractivity contribution in [1.29, 1.82) is 0 Å². The van der Waals surface area contributed by atoms with Gasteiger partial charge >= 0.3 is 0 Å². The van der Waals surface area contributed by atoms with E-state index in [-0.39, 0.29) is 0 Å². The smallest absolute Gasteiger partial charge is 0.0465 e. The van der Waals surface area contributed by atoms with Gasteiger partial charge in [-0.3, -0.25) is 0 Å². The molecule has 17 heavy (non-hydrogen) atoms. The standard InChI is InChI=1S/C14H19BrClN/c1-2-17-14(10-5-3-4-6-10)12-8-7-11(15)9-13(12)16/h7-10,14,17H,2-6H2,1H3. The number of benzene rings is 1. The summed E-state index contributed by atoms with van der Waals surface area (Å²) in [7, 11) is 0. The molecule has 1 atom stereocenters. The molecule has 1 aromatic rings. The van der Waals surface area contributed by atoms with Gasteiger partial charge in [-0.2, -0.15) is 0 Å². The maximum Gasteiger partial charge on any atom is 0.0465 e. The first-order valence-electron chi connectivity index (χ1n) is 6.40. The van der Waals surface area contributed by atoms with Gasteiger partial charge in [0.1, 0.15) is 0 Å². The lowest BCUT2D eigenvalue weighted by Gasteiger charge is -2.25. The minimum atomic E-state index is 0.420. The largest absolute Gasteiger partial charge is 0.310 e. The average Bonchev–Trinajstić information content (AvgIpc) is 2.80. The molecule has 0 amide bonds. The van der Waals surface area contributed by atoms with Gasteiger partial charge in [-0.05, 0) is 43.0 Å². The summed E-state index contributed by atoms with van der Waals surface area (Å²) in [5.74, 6) is 0.744. The minimum Gasteiger partial charge on any atom is -0.310 e. The molecule has 1 unspecified atom stereocenters. The quantitative estimate of drug-likeness (QED) is 0.829. The fourth-order valence-corrected chi connectivity index (χ4v) is 3.59. The van der Waals surface area contributed by atoms with Crippen molar-refractivity contribution in [2.45, 2.75) is 38.6 Å². The Morgan fingerprint density at radius 2 is 2.12 bits per heavy atom. The third-order valence-corrected chi connectivity index (χ3v) is 4.41. The van der Waals surface area contributed by atoms with Crippen LogP contribution in [-0.4, -0.2) is 6.54 Å². The Labute approximate surface area is 117 Å². The van der Waals surface area contributed by atoms with Crippen molar-refractivity contribution in [3.63, 3.8) is 0 Å². The summed E-state index contributed by atoms with van der Waals surface area (Å²) in [6, 6.07) is 6.65. The number of rotatable bonds is 4. The lowest BCUT2D eigenvalue weighted by Crippen LogP contribution is -2.27. The molecule has 1 fully saturated rings. The van der Waals surface area contributed by atoms with Crippen LogP contribution in [0.15, 0.2) is 22.7 Å². The second-order valence-electron chi connectivity index (χ2n) is 4.75. The van der Waals surface area contributed by atoms with E-state index in [9.17, 15) is 0 Å². The van der Waals surface area contributed by atoms with Gasteiger partial charge in [0.05, 0.1) is 0 Å². The van der Waals surface area contributed by atoms with E-state index in [0.29, 0.717) is 6.04 Å². The van der Waals surface area contributed by atoms with Gasteiger partial charge in [0.2, 0.25) is 0 Å². The SMILES string of the molecule is CCNC(c1ccc(Br)cc1Cl)C1CCCC1. The van der Waals surface area contributed by atoms with E-state index in [1.807, 2.05) is 6.07 Å². The first kappa shape index (κ1) is 13.4. The number of halogens is 2. The molecule has 2 rings (SSSR count). The maximum absolute atomic E-state index is 6.37. The Hall–Kier alpha value is -0.0500. The Morgan fingerprint density at radius 1 is 1.41 bits per heavy atom. The highest BCUT2D eigenvalue weighted by Gasteiger charge is 2.26. The molecule has 0 heterocycles. The third-order valence-electron chi connectivity index (χ3n) is 3.59. The number of nitrogens with one attached hydrogen (secondary N) is 1. The lowest BCUT2D eigenvalue weighted by molar-refractivity contribution is 0.374. The van der Waals surface area contributed by atoms with Crippen LogP contribution in [0.4, 0.5) is 0 Å². The van der Waals surface area contributed by atoms with E-state index in [4.69, 9.17) is 11.6 Å². The highest BCUT2D eigenvalue weighted by atomic mass is 79.9. The van der Waals surface area contributed by atoms with Gasteiger partial charge in [0.15, 0.2) is 0 Å². The number of hydrogen-bond acceptors (Lipinski definition) is 1. The monoisotopic (exact) mass is 315 g/mol. The normalized spacial score (nSPS) is 18.5. The molecule has 1 saturated carbocycles. The molecule has 3 heteroatoms. The van der Waals surface area contributed by atoms with Crippen LogP contribution in [-0.2, 0) is 0 Å². The zero-order valence-electron chi connectivity index (χ0n) is 10.2. The van der Waals surface area contributed by atoms with Crippen LogP contribution in [0.5, 0.6) is 0 Å². The fraction of sp³-hybridized carbons (Fsp3) is 0.571. The zero-order valence-corrected chi connectivity index (χ0v) is 12.5. The summed E-state index contributed by atoms with van der Waals surface area (Å²) >= 11 is 9.83. The Kier molecular flexibility index (Phi) is 4.89. The maximum atomic E-state index is 6.37. The van der Waals surface area contributed by atoms with E-state index in [2.05, 4.69) is 40.3 Å². The molecular weight excluding hydrogens is 298 g/mol. The predicted molar refractivity (Wildman–Crippen MR) is 77.5 cm³/mol. The van der Waals surface area contributed by atoms with Crippen LogP contribution in [0.1, 0.15) is 44.2 Å². The first-order chi connectivity index (χ1) is 8.22. The molecule has 1 aliphatic rings. The molecule has 94 valence electrons. The van der Waals surface area contributed by atoms with E-state index in [0.717, 1.165) is 22.0 Å². The molecule has 1 aliphatic carbocycles. The second kappa shape index (κ2) is 6.21. The van der Waals surface area contributed by atoms with Gasteiger partial charge in [0.25, 0.3) is 0 Å². The van der Waals surface area contributed by atoms with Crippen molar-refractivity contribution in [3.8, 4) is 0 Å². The summed E-state index contributed by atoms with van der Waals surface area (Å²) < 4.78 is 1.05. The molecule has 0 aliphatic heterocycles. The minimum absolute atomic E-state index is 0.420. The molecular formula is C14H19BrClN. The van der Waals surface area contributed by atoms with Gasteiger partial charge < -0.3 is 5.32 Å². The van der Waals surface area contributed by atoms with Crippen LogP contribution in [0.25, 0.3) is 0 Å². The van der Waals surface area contributed by atoms with Crippen LogP contribution in [0, 0.1) is 5.92 Å². The molecule has 0 aromatic heterocycles. The molecule has 1 aromatic carbocycles. The van der Waals surface area contributed by atoms with E-state index < -0.39 is 0 Å². The topological polar surface area (TPSA) is 12.0 Å². The van der Waals surface area contributed by atoms with Crippen molar-refractivity contribution in [3.05, 3.63) is 33.3 Å². The van der Waals surface area contributed by atoms with Gasteiger partial charge in [-0.1, -0.05) is 53.4 Å². The van der Waals surface area contributed by atoms with E-state index in [1.165, 1.54) is 31.2 Å². The van der Waals surface area contributed by atoms with Crippen LogP contribution in [0.2, 0.25) is 5.02 Å². The third kappa shape index (κ3) is 3.24. The summed E-state index contributed by atoms with van der Waals surface area (Å²) in [4.78, 5) is 0. The van der Waals surface area contributed by atoms with Gasteiger partial charge in [-0.15, -0.1) is 0 Å². The number of hydrogen-bond donors (Lipinski definition) is 1. The summed E-state index contributed by atoms with van der Waals surface area (Å²) in [5, 5.41) is 4.47. The Morgan fingerprint density at radius 3 is 2.71 bits per heavy atom. The fourth-order valence-electron chi connectivity index (χ4n) is 2.79. The highest BCUT2D eigenvalue weighted by molar-refractivity contribution is 9.10. The summed E-state index contributed by atoms with van der Waals surface area (Å²) in [6.45, 7) is 3.16. The molecule has 1 nitrogen and oxygen atoms in total. The molecule has 0 spiro atoms. The lowest BCUT2D eigenvalue weighted by atomic mass is 9.91. The Bertz CT molecular complexity index is 374. The van der Waals surface area contributed by atoms with Gasteiger partial charge in [0, 0.05) is 15.5 Å². The molecule has 0 saturated heterocycles. The van der Waals surface area contributed by atoms with Crippen molar-refractivity contribution in [2.75, 3.05) is 6.54 Å².